The molecule has 4 aromatic rings. The van der Waals surface area contributed by atoms with Crippen LogP contribution < -0.4 is 0 Å². The van der Waals surface area contributed by atoms with Crippen LogP contribution in [-0.2, 0) is 23.0 Å². The Morgan fingerprint density at radius 3 is 2.39 bits per heavy atom. The summed E-state index contributed by atoms with van der Waals surface area (Å²) in [5.74, 6) is 0. The monoisotopic (exact) mass is 448 g/mol. The Bertz CT molecular complexity index is 1400. The number of rotatable bonds is 3. The first-order chi connectivity index (χ1) is 14.8. The number of nitrogens with zero attached hydrogens (tertiary/aromatic N) is 2. The van der Waals surface area contributed by atoms with E-state index in [1.807, 2.05) is 38.4 Å². The minimum atomic E-state index is -3.54. The van der Waals surface area contributed by atoms with Gasteiger partial charge in [-0.25, -0.2) is 13.4 Å². The number of aryl methyl sites for hydroxylation is 3. The molecule has 158 valence electrons. The van der Waals surface area contributed by atoms with Crippen molar-refractivity contribution in [2.24, 2.45) is 0 Å². The van der Waals surface area contributed by atoms with Crippen molar-refractivity contribution in [1.29, 1.82) is 0 Å². The molecular weight excluding hydrogens is 424 g/mol. The van der Waals surface area contributed by atoms with Crippen LogP contribution in [0.1, 0.15) is 27.8 Å². The van der Waals surface area contributed by atoms with Crippen molar-refractivity contribution in [3.63, 3.8) is 0 Å². The van der Waals surface area contributed by atoms with Crippen molar-refractivity contribution in [2.45, 2.75) is 38.6 Å². The summed E-state index contributed by atoms with van der Waals surface area (Å²) < 4.78 is 29.7. The van der Waals surface area contributed by atoms with Gasteiger partial charge in [0.2, 0.25) is 10.0 Å². The second-order valence-corrected chi connectivity index (χ2v) is 11.1. The maximum Gasteiger partial charge on any atom is 0.243 e. The number of thiazole rings is 1. The minimum absolute atomic E-state index is 0.415. The van der Waals surface area contributed by atoms with Crippen LogP contribution >= 0.6 is 11.3 Å². The molecule has 0 spiro atoms. The first-order valence-corrected chi connectivity index (χ1v) is 12.7. The van der Waals surface area contributed by atoms with E-state index >= 15 is 0 Å². The lowest BCUT2D eigenvalue weighted by Gasteiger charge is -2.29. The lowest BCUT2D eigenvalue weighted by Crippen LogP contribution is -2.36. The molecule has 0 radical (unpaired) electrons. The number of fused-ring (bicyclic) bond motifs is 2. The largest absolute Gasteiger partial charge is 0.245 e. The molecule has 0 N–H and O–H groups in total. The van der Waals surface area contributed by atoms with E-state index in [1.165, 1.54) is 15.8 Å². The van der Waals surface area contributed by atoms with Crippen LogP contribution in [0.2, 0.25) is 0 Å². The predicted molar refractivity (Wildman–Crippen MR) is 127 cm³/mol. The number of benzene rings is 3. The van der Waals surface area contributed by atoms with Gasteiger partial charge in [-0.05, 0) is 72.7 Å². The number of aromatic nitrogens is 1. The molecule has 0 unspecified atom stereocenters. The molecule has 0 saturated carbocycles. The number of sulfonamides is 1. The number of hydrogen-bond acceptors (Lipinski definition) is 4. The van der Waals surface area contributed by atoms with Crippen molar-refractivity contribution in [1.82, 2.24) is 9.29 Å². The van der Waals surface area contributed by atoms with Crippen LogP contribution in [0.5, 0.6) is 0 Å². The molecule has 1 aromatic heterocycles. The molecule has 2 heterocycles. The summed E-state index contributed by atoms with van der Waals surface area (Å²) in [6.07, 6.45) is 0.717. The van der Waals surface area contributed by atoms with Gasteiger partial charge in [-0.1, -0.05) is 42.0 Å². The summed E-state index contributed by atoms with van der Waals surface area (Å²) in [4.78, 5) is 4.81. The standard InChI is InChI=1S/C25H24N2O2S2/c1-16-10-17(2)25(18(3)11-16)31(28,29)27-9-8-21-12-19(4-5-22(21)14-27)20-6-7-23-24(13-20)30-15-26-23/h4-7,10-13,15H,8-9,14H2,1-3H3. The molecule has 6 heteroatoms. The maximum absolute atomic E-state index is 13.5. The van der Waals surface area contributed by atoms with E-state index in [9.17, 15) is 8.42 Å². The second kappa shape index (κ2) is 7.55. The van der Waals surface area contributed by atoms with Gasteiger partial charge in [0.25, 0.3) is 0 Å². The zero-order valence-electron chi connectivity index (χ0n) is 17.8. The van der Waals surface area contributed by atoms with Crippen molar-refractivity contribution in [3.8, 4) is 11.1 Å². The average Bonchev–Trinajstić information content (AvgIpc) is 3.20. The molecule has 31 heavy (non-hydrogen) atoms. The molecule has 3 aromatic carbocycles. The van der Waals surface area contributed by atoms with E-state index in [4.69, 9.17) is 0 Å². The second-order valence-electron chi connectivity index (χ2n) is 8.33. The Labute approximate surface area is 187 Å². The van der Waals surface area contributed by atoms with Gasteiger partial charge < -0.3 is 0 Å². The highest BCUT2D eigenvalue weighted by Gasteiger charge is 2.31. The normalized spacial score (nSPS) is 14.7. The van der Waals surface area contributed by atoms with Crippen LogP contribution in [0, 0.1) is 20.8 Å². The van der Waals surface area contributed by atoms with Gasteiger partial charge >= 0.3 is 0 Å². The van der Waals surface area contributed by atoms with E-state index in [0.717, 1.165) is 39.8 Å². The van der Waals surface area contributed by atoms with Gasteiger partial charge in [0, 0.05) is 13.1 Å². The molecule has 0 atom stereocenters. The summed E-state index contributed by atoms with van der Waals surface area (Å²) in [5.41, 5.74) is 10.3. The lowest BCUT2D eigenvalue weighted by molar-refractivity contribution is 0.391. The highest BCUT2D eigenvalue weighted by atomic mass is 32.2. The number of hydrogen-bond donors (Lipinski definition) is 0. The van der Waals surface area contributed by atoms with Gasteiger partial charge in [-0.15, -0.1) is 11.3 Å². The topological polar surface area (TPSA) is 50.3 Å². The van der Waals surface area contributed by atoms with Gasteiger partial charge in [0.15, 0.2) is 0 Å². The predicted octanol–water partition coefficient (Wildman–Crippen LogP) is 5.64. The van der Waals surface area contributed by atoms with Crippen molar-refractivity contribution < 1.29 is 8.42 Å². The summed E-state index contributed by atoms with van der Waals surface area (Å²) in [6, 6.07) is 16.6. The SMILES string of the molecule is Cc1cc(C)c(S(=O)(=O)N2CCc3cc(-c4ccc5ncsc5c4)ccc3C2)c(C)c1. The van der Waals surface area contributed by atoms with E-state index in [-0.39, 0.29) is 0 Å². The fourth-order valence-electron chi connectivity index (χ4n) is 4.65. The first kappa shape index (κ1) is 20.4. The molecule has 1 aliphatic rings. The Morgan fingerprint density at radius 1 is 0.903 bits per heavy atom. The third-order valence-corrected chi connectivity index (χ3v) is 8.99. The Kier molecular flexibility index (Phi) is 4.96. The summed E-state index contributed by atoms with van der Waals surface area (Å²) in [5, 5.41) is 0. The van der Waals surface area contributed by atoms with Gasteiger partial charge in [-0.2, -0.15) is 4.31 Å². The Hall–Kier alpha value is -2.54. The third-order valence-electron chi connectivity index (χ3n) is 6.05. The van der Waals surface area contributed by atoms with Crippen molar-refractivity contribution >= 4 is 31.6 Å². The fourth-order valence-corrected chi connectivity index (χ4v) is 7.20. The van der Waals surface area contributed by atoms with Gasteiger partial charge in [0.1, 0.15) is 0 Å². The molecule has 0 amide bonds. The smallest absolute Gasteiger partial charge is 0.243 e. The highest BCUT2D eigenvalue weighted by Crippen LogP contribution is 2.32. The molecule has 0 bridgehead atoms. The van der Waals surface area contributed by atoms with E-state index in [0.29, 0.717) is 18.0 Å². The van der Waals surface area contributed by atoms with Crippen molar-refractivity contribution in [2.75, 3.05) is 6.54 Å². The molecule has 0 fully saturated rings. The van der Waals surface area contributed by atoms with E-state index < -0.39 is 10.0 Å². The van der Waals surface area contributed by atoms with Crippen molar-refractivity contribution in [3.05, 3.63) is 81.9 Å². The minimum Gasteiger partial charge on any atom is -0.245 e. The molecule has 4 nitrogen and oxygen atoms in total. The van der Waals surface area contributed by atoms with Crippen LogP contribution in [0.25, 0.3) is 21.3 Å². The maximum atomic E-state index is 13.5. The van der Waals surface area contributed by atoms with Crippen LogP contribution in [0.4, 0.5) is 0 Å². The zero-order valence-corrected chi connectivity index (χ0v) is 19.5. The van der Waals surface area contributed by atoms with Crippen LogP contribution in [0.3, 0.4) is 0 Å². The first-order valence-electron chi connectivity index (χ1n) is 10.4. The van der Waals surface area contributed by atoms with Crippen LogP contribution in [-0.4, -0.2) is 24.3 Å². The molecule has 5 rings (SSSR count). The summed E-state index contributed by atoms with van der Waals surface area (Å²) >= 11 is 1.64. The average molecular weight is 449 g/mol. The van der Waals surface area contributed by atoms with E-state index in [2.05, 4.69) is 41.4 Å². The quantitative estimate of drug-likeness (QED) is 0.408. The van der Waals surface area contributed by atoms with Gasteiger partial charge in [-0.3, -0.25) is 0 Å². The molecule has 1 aliphatic heterocycles. The Balaban J connectivity index is 1.46. The summed E-state index contributed by atoms with van der Waals surface area (Å²) in [6.45, 7) is 6.68. The lowest BCUT2D eigenvalue weighted by atomic mass is 9.95. The van der Waals surface area contributed by atoms with Crippen LogP contribution in [0.15, 0.2) is 58.9 Å². The zero-order chi connectivity index (χ0) is 21.8. The molecule has 0 saturated heterocycles. The molecule has 0 aliphatic carbocycles. The van der Waals surface area contributed by atoms with Gasteiger partial charge in [0.05, 0.1) is 20.6 Å². The molecular formula is C25H24N2O2S2. The fraction of sp³-hybridized carbons (Fsp3) is 0.240. The summed E-state index contributed by atoms with van der Waals surface area (Å²) in [7, 11) is -3.54. The highest BCUT2D eigenvalue weighted by molar-refractivity contribution is 7.89. The Morgan fingerprint density at radius 2 is 1.61 bits per heavy atom. The van der Waals surface area contributed by atoms with E-state index in [1.54, 1.807) is 15.6 Å². The third kappa shape index (κ3) is 3.59.